The molecule has 17 heavy (non-hydrogen) atoms. The van der Waals surface area contributed by atoms with Crippen LogP contribution >= 0.6 is 7.92 Å². The summed E-state index contributed by atoms with van der Waals surface area (Å²) in [6, 6.07) is 0. The van der Waals surface area contributed by atoms with Crippen LogP contribution in [0.2, 0.25) is 0 Å². The normalized spacial score (nSPS) is 13.1. The van der Waals surface area contributed by atoms with E-state index < -0.39 is 0 Å². The molecule has 0 aromatic heterocycles. The molecule has 0 nitrogen and oxygen atoms in total. The van der Waals surface area contributed by atoms with Crippen molar-refractivity contribution in [3.8, 4) is 0 Å². The highest BCUT2D eigenvalue weighted by atomic mass is 31.1. The van der Waals surface area contributed by atoms with Crippen LogP contribution in [0.5, 0.6) is 0 Å². The molecule has 0 aliphatic heterocycles. The Labute approximate surface area is 111 Å². The molecule has 0 amide bonds. The highest BCUT2D eigenvalue weighted by Gasteiger charge is 2.20. The predicted molar refractivity (Wildman–Crippen MR) is 84.3 cm³/mol. The second-order valence-corrected chi connectivity index (χ2v) is 8.99. The Balaban J connectivity index is 4.66. The molecule has 0 fully saturated rings. The van der Waals surface area contributed by atoms with E-state index >= 15 is 0 Å². The van der Waals surface area contributed by atoms with Crippen molar-refractivity contribution in [2.45, 2.75) is 91.4 Å². The van der Waals surface area contributed by atoms with E-state index in [1.165, 1.54) is 38.5 Å². The third-order valence-electron chi connectivity index (χ3n) is 3.17. The van der Waals surface area contributed by atoms with E-state index in [1.807, 2.05) is 0 Å². The van der Waals surface area contributed by atoms with Crippen LogP contribution in [0.1, 0.15) is 80.1 Å². The SMILES string of the molecule is CCCC/C=C(\CCCC)P(C(C)C)C(C)C. The van der Waals surface area contributed by atoms with Crippen molar-refractivity contribution in [1.29, 1.82) is 0 Å². The van der Waals surface area contributed by atoms with Gasteiger partial charge in [0, 0.05) is 0 Å². The minimum absolute atomic E-state index is 0.0908. The van der Waals surface area contributed by atoms with Crippen molar-refractivity contribution in [2.24, 2.45) is 0 Å². The average molecular weight is 256 g/mol. The first-order chi connectivity index (χ1) is 8.04. The van der Waals surface area contributed by atoms with Gasteiger partial charge in [0.25, 0.3) is 0 Å². The summed E-state index contributed by atoms with van der Waals surface area (Å²) in [7, 11) is 0.0908. The summed E-state index contributed by atoms with van der Waals surface area (Å²) in [5.41, 5.74) is 1.68. The molecule has 102 valence electrons. The van der Waals surface area contributed by atoms with Crippen LogP contribution in [0.15, 0.2) is 11.4 Å². The topological polar surface area (TPSA) is 0 Å². The van der Waals surface area contributed by atoms with Crippen LogP contribution in [-0.2, 0) is 0 Å². The van der Waals surface area contributed by atoms with Gasteiger partial charge >= 0.3 is 0 Å². The van der Waals surface area contributed by atoms with Crippen LogP contribution in [-0.4, -0.2) is 11.3 Å². The van der Waals surface area contributed by atoms with Crippen molar-refractivity contribution in [2.75, 3.05) is 0 Å². The zero-order chi connectivity index (χ0) is 13.3. The maximum Gasteiger partial charge on any atom is -0.0227 e. The van der Waals surface area contributed by atoms with Gasteiger partial charge in [-0.05, 0) is 35.9 Å². The summed E-state index contributed by atoms with van der Waals surface area (Å²) in [6.45, 7) is 14.2. The van der Waals surface area contributed by atoms with E-state index in [1.54, 1.807) is 5.31 Å². The molecule has 1 heteroatoms. The largest absolute Gasteiger partial charge is 0.0808 e. The van der Waals surface area contributed by atoms with Gasteiger partial charge in [-0.15, -0.1) is 0 Å². The summed E-state index contributed by atoms with van der Waals surface area (Å²) in [5, 5.41) is 1.81. The minimum Gasteiger partial charge on any atom is -0.0808 e. The third-order valence-corrected chi connectivity index (χ3v) is 6.46. The zero-order valence-corrected chi connectivity index (χ0v) is 13.8. The fourth-order valence-corrected chi connectivity index (χ4v) is 5.70. The molecular weight excluding hydrogens is 223 g/mol. The molecule has 0 rings (SSSR count). The lowest BCUT2D eigenvalue weighted by atomic mass is 10.2. The van der Waals surface area contributed by atoms with Crippen molar-refractivity contribution in [1.82, 2.24) is 0 Å². The maximum absolute atomic E-state index is 2.59. The zero-order valence-electron chi connectivity index (χ0n) is 12.9. The van der Waals surface area contributed by atoms with Crippen molar-refractivity contribution < 1.29 is 0 Å². The van der Waals surface area contributed by atoms with Crippen molar-refractivity contribution in [3.05, 3.63) is 11.4 Å². The van der Waals surface area contributed by atoms with Crippen LogP contribution in [0.4, 0.5) is 0 Å². The summed E-state index contributed by atoms with van der Waals surface area (Å²) < 4.78 is 0. The van der Waals surface area contributed by atoms with E-state index in [0.717, 1.165) is 11.3 Å². The van der Waals surface area contributed by atoms with Gasteiger partial charge in [0.15, 0.2) is 0 Å². The first kappa shape index (κ1) is 17.2. The van der Waals surface area contributed by atoms with Gasteiger partial charge in [-0.3, -0.25) is 0 Å². The number of unbranched alkanes of at least 4 members (excludes halogenated alkanes) is 3. The molecule has 0 aromatic carbocycles. The molecule has 0 aromatic rings. The Hall–Kier alpha value is 0.170. The number of hydrogen-bond donors (Lipinski definition) is 0. The Kier molecular flexibility index (Phi) is 10.2. The molecule has 0 unspecified atom stereocenters. The number of allylic oxidation sites excluding steroid dienone is 2. The van der Waals surface area contributed by atoms with Crippen LogP contribution in [0, 0.1) is 0 Å². The quantitative estimate of drug-likeness (QED) is 0.324. The van der Waals surface area contributed by atoms with Gasteiger partial charge in [-0.1, -0.05) is 74.8 Å². The molecule has 0 aliphatic carbocycles. The second-order valence-electron chi connectivity index (χ2n) is 5.54. The number of rotatable bonds is 9. The van der Waals surface area contributed by atoms with Gasteiger partial charge in [-0.2, -0.15) is 0 Å². The lowest BCUT2D eigenvalue weighted by Crippen LogP contribution is -2.05. The van der Waals surface area contributed by atoms with Gasteiger partial charge in [0.05, 0.1) is 0 Å². The smallest absolute Gasteiger partial charge is 0.0227 e. The van der Waals surface area contributed by atoms with E-state index in [9.17, 15) is 0 Å². The monoisotopic (exact) mass is 256 g/mol. The second kappa shape index (κ2) is 10.1. The maximum atomic E-state index is 2.59. The first-order valence-corrected chi connectivity index (χ1v) is 8.99. The molecule has 0 saturated carbocycles. The predicted octanol–water partition coefficient (Wildman–Crippen LogP) is 6.55. The lowest BCUT2D eigenvalue weighted by Gasteiger charge is -2.29. The highest BCUT2D eigenvalue weighted by Crippen LogP contribution is 2.55. The third kappa shape index (κ3) is 7.24. The van der Waals surface area contributed by atoms with Gasteiger partial charge in [0.2, 0.25) is 0 Å². The van der Waals surface area contributed by atoms with Gasteiger partial charge < -0.3 is 0 Å². The molecule has 0 saturated heterocycles. The summed E-state index contributed by atoms with van der Waals surface area (Å²) in [4.78, 5) is 0. The van der Waals surface area contributed by atoms with Crippen molar-refractivity contribution in [3.63, 3.8) is 0 Å². The summed E-state index contributed by atoms with van der Waals surface area (Å²) >= 11 is 0. The molecule has 0 bridgehead atoms. The Morgan fingerprint density at radius 3 is 1.88 bits per heavy atom. The Bertz CT molecular complexity index is 196. The molecule has 0 aliphatic rings. The van der Waals surface area contributed by atoms with Crippen LogP contribution in [0.25, 0.3) is 0 Å². The first-order valence-electron chi connectivity index (χ1n) is 7.51. The molecule has 0 radical (unpaired) electrons. The molecule has 0 N–H and O–H groups in total. The van der Waals surface area contributed by atoms with E-state index in [0.29, 0.717) is 0 Å². The van der Waals surface area contributed by atoms with Gasteiger partial charge in [0.1, 0.15) is 0 Å². The van der Waals surface area contributed by atoms with E-state index in [-0.39, 0.29) is 7.92 Å². The van der Waals surface area contributed by atoms with Crippen molar-refractivity contribution >= 4 is 7.92 Å². The number of hydrogen-bond acceptors (Lipinski definition) is 0. The summed E-state index contributed by atoms with van der Waals surface area (Å²) in [5.74, 6) is 0. The highest BCUT2D eigenvalue weighted by molar-refractivity contribution is 7.63. The minimum atomic E-state index is 0.0908. The van der Waals surface area contributed by atoms with Crippen LogP contribution < -0.4 is 0 Å². The fraction of sp³-hybridized carbons (Fsp3) is 0.875. The summed E-state index contributed by atoms with van der Waals surface area (Å²) in [6.07, 6.45) is 10.6. The molecule has 0 atom stereocenters. The lowest BCUT2D eigenvalue weighted by molar-refractivity contribution is 0.783. The standard InChI is InChI=1S/C16H33P/c1-7-9-11-13-16(12-10-8-2)17(14(3)4)15(5)6/h13-15H,7-12H2,1-6H3/b16-13+. The van der Waals surface area contributed by atoms with Gasteiger partial charge in [-0.25, -0.2) is 0 Å². The Morgan fingerprint density at radius 2 is 1.47 bits per heavy atom. The molecular formula is C16H33P. The van der Waals surface area contributed by atoms with E-state index in [2.05, 4.69) is 47.6 Å². The fourth-order valence-electron chi connectivity index (χ4n) is 2.43. The van der Waals surface area contributed by atoms with Crippen LogP contribution in [0.3, 0.4) is 0 Å². The Morgan fingerprint density at radius 1 is 0.941 bits per heavy atom. The molecule has 0 heterocycles. The average Bonchev–Trinajstić information content (AvgIpc) is 2.24. The van der Waals surface area contributed by atoms with E-state index in [4.69, 9.17) is 0 Å². The molecule has 0 spiro atoms.